The van der Waals surface area contributed by atoms with Crippen LogP contribution in [0.1, 0.15) is 12.8 Å². The van der Waals surface area contributed by atoms with Crippen molar-refractivity contribution in [1.82, 2.24) is 14.9 Å². The van der Waals surface area contributed by atoms with E-state index in [4.69, 9.17) is 4.74 Å². The van der Waals surface area contributed by atoms with Crippen LogP contribution in [0.2, 0.25) is 0 Å². The average molecular weight is 262 g/mol. The Bertz CT molecular complexity index is 428. The van der Waals surface area contributed by atoms with Crippen molar-refractivity contribution in [2.24, 2.45) is 5.92 Å². The first kappa shape index (κ1) is 12.3. The minimum Gasteiger partial charge on any atom is -0.381 e. The summed E-state index contributed by atoms with van der Waals surface area (Å²) >= 11 is 0. The van der Waals surface area contributed by atoms with Crippen molar-refractivity contribution in [3.8, 4) is 0 Å². The van der Waals surface area contributed by atoms with E-state index in [2.05, 4.69) is 15.3 Å². The first-order chi connectivity index (χ1) is 9.33. The standard InChI is InChI=1S/C13H18N4O2/c18-12(10-2-6-19-7-3-10)17-8-11(9-17)16-13-14-4-1-5-15-13/h1,4-5,10-11H,2-3,6-9H2,(H,14,15,16). The van der Waals surface area contributed by atoms with Crippen molar-refractivity contribution < 1.29 is 9.53 Å². The van der Waals surface area contributed by atoms with E-state index in [1.54, 1.807) is 18.5 Å². The van der Waals surface area contributed by atoms with Gasteiger partial charge in [-0.25, -0.2) is 9.97 Å². The molecule has 0 unspecified atom stereocenters. The van der Waals surface area contributed by atoms with Crippen molar-refractivity contribution >= 4 is 11.9 Å². The predicted octanol–water partition coefficient (Wildman–Crippen LogP) is 0.526. The minimum atomic E-state index is 0.155. The highest BCUT2D eigenvalue weighted by molar-refractivity contribution is 5.80. The van der Waals surface area contributed by atoms with Crippen molar-refractivity contribution in [3.63, 3.8) is 0 Å². The van der Waals surface area contributed by atoms with Crippen molar-refractivity contribution in [2.75, 3.05) is 31.6 Å². The zero-order valence-corrected chi connectivity index (χ0v) is 10.8. The van der Waals surface area contributed by atoms with E-state index in [-0.39, 0.29) is 17.9 Å². The van der Waals surface area contributed by atoms with Gasteiger partial charge in [-0.3, -0.25) is 4.79 Å². The number of nitrogens with zero attached hydrogens (tertiary/aromatic N) is 3. The molecular formula is C13H18N4O2. The van der Waals surface area contributed by atoms with Gasteiger partial charge in [0.1, 0.15) is 0 Å². The van der Waals surface area contributed by atoms with Gasteiger partial charge in [0.2, 0.25) is 11.9 Å². The fourth-order valence-electron chi connectivity index (χ4n) is 2.51. The number of ether oxygens (including phenoxy) is 1. The summed E-state index contributed by atoms with van der Waals surface area (Å²) in [4.78, 5) is 22.3. The highest BCUT2D eigenvalue weighted by Gasteiger charge is 2.35. The van der Waals surface area contributed by atoms with E-state index in [1.807, 2.05) is 4.90 Å². The Morgan fingerprint density at radius 2 is 1.95 bits per heavy atom. The maximum Gasteiger partial charge on any atom is 0.226 e. The third-order valence-electron chi connectivity index (χ3n) is 3.66. The Morgan fingerprint density at radius 1 is 1.26 bits per heavy atom. The zero-order valence-electron chi connectivity index (χ0n) is 10.8. The summed E-state index contributed by atoms with van der Waals surface area (Å²) in [5.74, 6) is 1.06. The quantitative estimate of drug-likeness (QED) is 0.860. The van der Waals surface area contributed by atoms with E-state index >= 15 is 0 Å². The summed E-state index contributed by atoms with van der Waals surface area (Å²) < 4.78 is 5.28. The Labute approximate surface area is 112 Å². The lowest BCUT2D eigenvalue weighted by Crippen LogP contribution is -2.58. The summed E-state index contributed by atoms with van der Waals surface area (Å²) in [5.41, 5.74) is 0. The fraction of sp³-hybridized carbons (Fsp3) is 0.615. The van der Waals surface area contributed by atoms with Gasteiger partial charge in [0.05, 0.1) is 6.04 Å². The van der Waals surface area contributed by atoms with Crippen LogP contribution in [0.25, 0.3) is 0 Å². The molecule has 1 aromatic rings. The molecule has 2 fully saturated rings. The molecule has 0 aromatic carbocycles. The van der Waals surface area contributed by atoms with Crippen LogP contribution in [0.4, 0.5) is 5.95 Å². The van der Waals surface area contributed by atoms with Crippen LogP contribution >= 0.6 is 0 Å². The van der Waals surface area contributed by atoms with Crippen LogP contribution in [0.5, 0.6) is 0 Å². The van der Waals surface area contributed by atoms with Crippen molar-refractivity contribution in [1.29, 1.82) is 0 Å². The highest BCUT2D eigenvalue weighted by Crippen LogP contribution is 2.21. The number of anilines is 1. The van der Waals surface area contributed by atoms with Crippen LogP contribution in [-0.4, -0.2) is 53.1 Å². The van der Waals surface area contributed by atoms with E-state index in [0.717, 1.165) is 25.9 Å². The van der Waals surface area contributed by atoms with Crippen molar-refractivity contribution in [3.05, 3.63) is 18.5 Å². The second-order valence-electron chi connectivity index (χ2n) is 5.04. The molecule has 6 heteroatoms. The smallest absolute Gasteiger partial charge is 0.226 e. The van der Waals surface area contributed by atoms with Crippen molar-refractivity contribution in [2.45, 2.75) is 18.9 Å². The van der Waals surface area contributed by atoms with Gasteiger partial charge in [0.25, 0.3) is 0 Å². The first-order valence-corrected chi connectivity index (χ1v) is 6.73. The number of nitrogens with one attached hydrogen (secondary N) is 1. The molecule has 1 amide bonds. The molecule has 3 rings (SSSR count). The lowest BCUT2D eigenvalue weighted by molar-refractivity contribution is -0.142. The van der Waals surface area contributed by atoms with Crippen LogP contribution in [-0.2, 0) is 9.53 Å². The number of amides is 1. The number of carbonyl (C=O) groups excluding carboxylic acids is 1. The molecule has 0 radical (unpaired) electrons. The molecule has 0 aliphatic carbocycles. The van der Waals surface area contributed by atoms with Gasteiger partial charge in [0, 0.05) is 44.6 Å². The van der Waals surface area contributed by atoms with Gasteiger partial charge in [-0.15, -0.1) is 0 Å². The molecule has 1 N–H and O–H groups in total. The monoisotopic (exact) mass is 262 g/mol. The summed E-state index contributed by atoms with van der Waals surface area (Å²) in [7, 11) is 0. The van der Waals surface area contributed by atoms with E-state index in [1.165, 1.54) is 0 Å². The number of rotatable bonds is 3. The van der Waals surface area contributed by atoms with Gasteiger partial charge in [0.15, 0.2) is 0 Å². The van der Waals surface area contributed by atoms with Crippen LogP contribution in [0.3, 0.4) is 0 Å². The number of carbonyl (C=O) groups is 1. The number of likely N-dealkylation sites (tertiary alicyclic amines) is 1. The molecule has 1 aromatic heterocycles. The van der Waals surface area contributed by atoms with Gasteiger partial charge < -0.3 is 15.0 Å². The van der Waals surface area contributed by atoms with Gasteiger partial charge in [-0.2, -0.15) is 0 Å². The van der Waals surface area contributed by atoms with Gasteiger partial charge in [-0.05, 0) is 18.9 Å². The second-order valence-corrected chi connectivity index (χ2v) is 5.04. The Balaban J connectivity index is 1.46. The molecule has 0 bridgehead atoms. The number of hydrogen-bond donors (Lipinski definition) is 1. The SMILES string of the molecule is O=C(C1CCOCC1)N1CC(Nc2ncccn2)C1. The Hall–Kier alpha value is -1.69. The maximum absolute atomic E-state index is 12.2. The lowest BCUT2D eigenvalue weighted by atomic mass is 9.96. The fourth-order valence-corrected chi connectivity index (χ4v) is 2.51. The third kappa shape index (κ3) is 2.84. The third-order valence-corrected chi connectivity index (χ3v) is 3.66. The molecule has 0 saturated carbocycles. The summed E-state index contributed by atoms with van der Waals surface area (Å²) in [6.07, 6.45) is 5.13. The molecule has 6 nitrogen and oxygen atoms in total. The first-order valence-electron chi connectivity index (χ1n) is 6.73. The molecule has 2 aliphatic heterocycles. The topological polar surface area (TPSA) is 67.3 Å². The summed E-state index contributed by atoms with van der Waals surface area (Å²) in [5, 5.41) is 3.23. The van der Waals surface area contributed by atoms with Gasteiger partial charge in [-0.1, -0.05) is 0 Å². The summed E-state index contributed by atoms with van der Waals surface area (Å²) in [6.45, 7) is 2.91. The molecule has 0 atom stereocenters. The van der Waals surface area contributed by atoms with Crippen LogP contribution in [0.15, 0.2) is 18.5 Å². The van der Waals surface area contributed by atoms with E-state index in [9.17, 15) is 4.79 Å². The number of aromatic nitrogens is 2. The van der Waals surface area contributed by atoms with Crippen LogP contribution < -0.4 is 5.32 Å². The summed E-state index contributed by atoms with van der Waals surface area (Å²) in [6, 6.07) is 2.05. The normalized spacial score (nSPS) is 20.9. The second kappa shape index (κ2) is 5.52. The average Bonchev–Trinajstić information content (AvgIpc) is 2.44. The molecule has 2 aliphatic rings. The zero-order chi connectivity index (χ0) is 13.1. The van der Waals surface area contributed by atoms with Crippen LogP contribution in [0, 0.1) is 5.92 Å². The minimum absolute atomic E-state index is 0.155. The molecule has 19 heavy (non-hydrogen) atoms. The van der Waals surface area contributed by atoms with Gasteiger partial charge >= 0.3 is 0 Å². The molecule has 3 heterocycles. The Kier molecular flexibility index (Phi) is 3.59. The molecule has 2 saturated heterocycles. The maximum atomic E-state index is 12.2. The number of hydrogen-bond acceptors (Lipinski definition) is 5. The largest absolute Gasteiger partial charge is 0.381 e. The molecule has 102 valence electrons. The molecule has 0 spiro atoms. The highest BCUT2D eigenvalue weighted by atomic mass is 16.5. The lowest BCUT2D eigenvalue weighted by Gasteiger charge is -2.41. The van der Waals surface area contributed by atoms with E-state index < -0.39 is 0 Å². The Morgan fingerprint density at radius 3 is 2.63 bits per heavy atom. The molecular weight excluding hydrogens is 244 g/mol. The predicted molar refractivity (Wildman–Crippen MR) is 69.6 cm³/mol. The van der Waals surface area contributed by atoms with E-state index in [0.29, 0.717) is 19.2 Å².